The molecule has 0 aromatic rings. The van der Waals surface area contributed by atoms with E-state index in [1.807, 2.05) is 0 Å². The molecule has 0 aliphatic rings. The summed E-state index contributed by atoms with van der Waals surface area (Å²) in [7, 11) is 0. The van der Waals surface area contributed by atoms with E-state index in [2.05, 4.69) is 0 Å². The van der Waals surface area contributed by atoms with Crippen molar-refractivity contribution in [3.63, 3.8) is 0 Å². The summed E-state index contributed by atoms with van der Waals surface area (Å²) in [5, 5.41) is 19.6. The average Bonchev–Trinajstić information content (AvgIpc) is 2.17. The smallest absolute Gasteiger partial charge is 0.548 e. The Kier molecular flexibility index (Phi) is 11.5. The van der Waals surface area contributed by atoms with Gasteiger partial charge in [-0.3, -0.25) is 0 Å². The van der Waals surface area contributed by atoms with Crippen molar-refractivity contribution < 1.29 is 54.0 Å². The predicted octanol–water partition coefficient (Wildman–Crippen LogP) is -3.50. The first kappa shape index (κ1) is 19.0. The Morgan fingerprint density at radius 2 is 1.88 bits per heavy atom. The number of carbonyl (C=O) groups excluding carboxylic acids is 1. The van der Waals surface area contributed by atoms with Gasteiger partial charge in [0.05, 0.1) is 5.97 Å². The zero-order chi connectivity index (χ0) is 11.9. The molecule has 1 atom stereocenters. The second-order valence-corrected chi connectivity index (χ2v) is 3.54. The number of ether oxygens (including phenoxy) is 2. The van der Waals surface area contributed by atoms with Gasteiger partial charge in [-0.15, -0.1) is 11.6 Å². The van der Waals surface area contributed by atoms with Gasteiger partial charge in [0.15, 0.2) is 6.29 Å². The zero-order valence-corrected chi connectivity index (χ0v) is 12.6. The Hall–Kier alpha value is 0.640. The predicted molar refractivity (Wildman–Crippen MR) is 52.3 cm³/mol. The molecule has 1 unspecified atom stereocenters. The summed E-state index contributed by atoms with van der Waals surface area (Å²) in [5.74, 6) is -1.51. The summed E-state index contributed by atoms with van der Waals surface area (Å²) in [6.45, 7) is 3.53. The monoisotopic (exact) mass is 262 g/mol. The van der Waals surface area contributed by atoms with E-state index in [0.29, 0.717) is 0 Å². The maximum Gasteiger partial charge on any atom is 1.00 e. The Morgan fingerprint density at radius 1 is 1.44 bits per heavy atom. The molecule has 0 amide bonds. The van der Waals surface area contributed by atoms with Gasteiger partial charge in [-0.25, -0.2) is 0 Å². The van der Waals surface area contributed by atoms with Gasteiger partial charge in [0.25, 0.3) is 0 Å². The molecule has 0 spiro atoms. The topological polar surface area (TPSA) is 78.8 Å². The first-order valence-electron chi connectivity index (χ1n) is 4.77. The van der Waals surface area contributed by atoms with Crippen LogP contribution in [-0.4, -0.2) is 42.1 Å². The van der Waals surface area contributed by atoms with Gasteiger partial charge in [-0.1, -0.05) is 0 Å². The van der Waals surface area contributed by atoms with Crippen molar-refractivity contribution in [2.75, 3.05) is 19.8 Å². The van der Waals surface area contributed by atoms with Gasteiger partial charge in [0.1, 0.15) is 4.87 Å². The summed E-state index contributed by atoms with van der Waals surface area (Å²) in [5.41, 5.74) is 0. The molecule has 5 nitrogen and oxygen atoms in total. The second kappa shape index (κ2) is 9.65. The van der Waals surface area contributed by atoms with Crippen LogP contribution in [0.3, 0.4) is 0 Å². The molecule has 0 aliphatic heterocycles. The molecule has 0 fully saturated rings. The number of carboxylic acid groups (broad SMARTS) is 1. The minimum atomic E-state index is -1.85. The molecule has 1 N–H and O–H groups in total. The van der Waals surface area contributed by atoms with Gasteiger partial charge in [0, 0.05) is 19.8 Å². The number of hydrogen-bond donors (Lipinski definition) is 1. The number of rotatable bonds is 8. The normalized spacial score (nSPS) is 14.3. The molecule has 0 aromatic carbocycles. The van der Waals surface area contributed by atoms with Gasteiger partial charge < -0.3 is 24.5 Å². The Balaban J connectivity index is 0. The van der Waals surface area contributed by atoms with Crippen LogP contribution in [0.2, 0.25) is 0 Å². The van der Waals surface area contributed by atoms with Crippen LogP contribution >= 0.6 is 11.6 Å². The second-order valence-electron chi connectivity index (χ2n) is 2.87. The molecule has 0 rings (SSSR count). The minimum absolute atomic E-state index is 0. The molecule has 0 aliphatic carbocycles. The van der Waals surface area contributed by atoms with E-state index in [9.17, 15) is 9.90 Å². The van der Waals surface area contributed by atoms with E-state index in [4.69, 9.17) is 26.2 Å². The molecule has 0 bridgehead atoms. The third-order valence-electron chi connectivity index (χ3n) is 1.82. The molecule has 0 saturated carbocycles. The van der Waals surface area contributed by atoms with E-state index in [1.54, 1.807) is 13.8 Å². The quantitative estimate of drug-likeness (QED) is 0.279. The van der Waals surface area contributed by atoms with Gasteiger partial charge in [-0.05, 0) is 20.3 Å². The van der Waals surface area contributed by atoms with Crippen LogP contribution in [0.25, 0.3) is 0 Å². The standard InChI is InChI=1S/C9H17ClO5.Na/c1-3-14-8(15-4-2)9(10,5-6-11)7(12)13;/h8,11H,3-6H2,1-2H3,(H,12,13);/q;+1/p-1. The zero-order valence-electron chi connectivity index (χ0n) is 9.86. The number of carboxylic acids is 1. The maximum absolute atomic E-state index is 10.9. The maximum atomic E-state index is 10.9. The molecule has 0 radical (unpaired) electrons. The number of halogens is 1. The van der Waals surface area contributed by atoms with Crippen LogP contribution in [0.5, 0.6) is 0 Å². The number of carbonyl (C=O) groups is 1. The number of aliphatic hydroxyl groups is 1. The van der Waals surface area contributed by atoms with Crippen molar-refractivity contribution in [1.82, 2.24) is 0 Å². The Morgan fingerprint density at radius 3 is 2.12 bits per heavy atom. The molecule has 0 aromatic heterocycles. The van der Waals surface area contributed by atoms with E-state index in [1.165, 1.54) is 0 Å². The average molecular weight is 263 g/mol. The number of aliphatic hydroxyl groups excluding tert-OH is 1. The van der Waals surface area contributed by atoms with Crippen molar-refractivity contribution in [3.05, 3.63) is 0 Å². The number of aliphatic carboxylic acids is 1. The van der Waals surface area contributed by atoms with Crippen molar-refractivity contribution in [2.45, 2.75) is 31.4 Å². The summed E-state index contributed by atoms with van der Waals surface area (Å²) in [6, 6.07) is 0. The fourth-order valence-corrected chi connectivity index (χ4v) is 1.30. The third kappa shape index (κ3) is 5.31. The summed E-state index contributed by atoms with van der Waals surface area (Å²) < 4.78 is 10.2. The minimum Gasteiger partial charge on any atom is -0.548 e. The van der Waals surface area contributed by atoms with E-state index in [0.717, 1.165) is 0 Å². The van der Waals surface area contributed by atoms with E-state index >= 15 is 0 Å². The van der Waals surface area contributed by atoms with Crippen molar-refractivity contribution in [2.24, 2.45) is 0 Å². The molecule has 7 heteroatoms. The summed E-state index contributed by atoms with van der Waals surface area (Å²) >= 11 is 5.83. The van der Waals surface area contributed by atoms with Crippen LogP contribution in [0.4, 0.5) is 0 Å². The van der Waals surface area contributed by atoms with Crippen molar-refractivity contribution in [3.8, 4) is 0 Å². The molecule has 16 heavy (non-hydrogen) atoms. The first-order valence-corrected chi connectivity index (χ1v) is 5.15. The fourth-order valence-electron chi connectivity index (χ4n) is 1.09. The van der Waals surface area contributed by atoms with E-state index < -0.39 is 17.1 Å². The molecule has 90 valence electrons. The number of hydrogen-bond acceptors (Lipinski definition) is 5. The molecule has 0 heterocycles. The van der Waals surface area contributed by atoms with Crippen LogP contribution in [-0.2, 0) is 14.3 Å². The van der Waals surface area contributed by atoms with E-state index in [-0.39, 0.29) is 55.8 Å². The molecular weight excluding hydrogens is 247 g/mol. The van der Waals surface area contributed by atoms with Gasteiger partial charge in [-0.2, -0.15) is 0 Å². The summed E-state index contributed by atoms with van der Waals surface area (Å²) in [4.78, 5) is 9.04. The van der Waals surface area contributed by atoms with Crippen LogP contribution in [0.1, 0.15) is 20.3 Å². The number of alkyl halides is 1. The van der Waals surface area contributed by atoms with Gasteiger partial charge >= 0.3 is 29.6 Å². The molecular formula is C9H16ClNaO5. The van der Waals surface area contributed by atoms with Crippen LogP contribution in [0.15, 0.2) is 0 Å². The van der Waals surface area contributed by atoms with Crippen LogP contribution < -0.4 is 34.7 Å². The van der Waals surface area contributed by atoms with Crippen molar-refractivity contribution in [1.29, 1.82) is 0 Å². The van der Waals surface area contributed by atoms with Gasteiger partial charge in [0.2, 0.25) is 0 Å². The van der Waals surface area contributed by atoms with Crippen LogP contribution in [0, 0.1) is 0 Å². The largest absolute Gasteiger partial charge is 1.00 e. The third-order valence-corrected chi connectivity index (χ3v) is 2.35. The Labute approximate surface area is 122 Å². The SMILES string of the molecule is CCOC(OCC)C(Cl)(CCO)C(=O)[O-].[Na+]. The fraction of sp³-hybridized carbons (Fsp3) is 0.889. The Bertz CT molecular complexity index is 198. The first-order chi connectivity index (χ1) is 7.02. The van der Waals surface area contributed by atoms with Crippen molar-refractivity contribution >= 4 is 17.6 Å². The molecule has 0 saturated heterocycles. The summed E-state index contributed by atoms with van der Waals surface area (Å²) in [6.07, 6.45) is -1.31.